The highest BCUT2D eigenvalue weighted by atomic mass is 35.5. The molecule has 0 bridgehead atoms. The lowest BCUT2D eigenvalue weighted by molar-refractivity contribution is 0.0445. The Hall–Kier alpha value is -1.06. The average Bonchev–Trinajstić information content (AvgIpc) is 3.43. The Labute approximate surface area is 150 Å². The molecule has 2 atom stereocenters. The van der Waals surface area contributed by atoms with E-state index in [9.17, 15) is 4.79 Å². The molecule has 2 saturated heterocycles. The predicted octanol–water partition coefficient (Wildman–Crippen LogP) is 4.07. The molecule has 1 aromatic rings. The number of piperidine rings is 1. The molecule has 3 aliphatic rings. The van der Waals surface area contributed by atoms with Crippen LogP contribution in [0, 0.1) is 11.8 Å². The second-order valence-corrected chi connectivity index (χ2v) is 8.19. The third kappa shape index (κ3) is 3.48. The first-order valence-electron chi connectivity index (χ1n) is 9.50. The van der Waals surface area contributed by atoms with Crippen molar-refractivity contribution >= 4 is 17.5 Å². The number of amides is 1. The highest BCUT2D eigenvalue weighted by Crippen LogP contribution is 2.35. The topological polar surface area (TPSA) is 23.6 Å². The van der Waals surface area contributed by atoms with Crippen LogP contribution in [0.1, 0.15) is 48.9 Å². The van der Waals surface area contributed by atoms with E-state index in [0.717, 1.165) is 25.4 Å². The maximum absolute atomic E-state index is 12.9. The Morgan fingerprint density at radius 3 is 2.71 bits per heavy atom. The molecule has 0 aromatic heterocycles. The van der Waals surface area contributed by atoms with E-state index in [2.05, 4.69) is 4.90 Å². The number of likely N-dealkylation sites (tertiary alicyclic amines) is 2. The number of hydrogen-bond donors (Lipinski definition) is 0. The lowest BCUT2D eigenvalue weighted by Gasteiger charge is -2.43. The minimum atomic E-state index is 0.108. The van der Waals surface area contributed by atoms with Gasteiger partial charge in [-0.25, -0.2) is 0 Å². The van der Waals surface area contributed by atoms with E-state index in [1.165, 1.54) is 45.2 Å². The first kappa shape index (κ1) is 16.4. The molecule has 1 saturated carbocycles. The first-order chi connectivity index (χ1) is 11.7. The third-order valence-electron chi connectivity index (χ3n) is 6.01. The summed E-state index contributed by atoms with van der Waals surface area (Å²) in [7, 11) is 0. The summed E-state index contributed by atoms with van der Waals surface area (Å²) in [4.78, 5) is 17.7. The van der Waals surface area contributed by atoms with Crippen LogP contribution in [0.15, 0.2) is 24.3 Å². The van der Waals surface area contributed by atoms with Crippen molar-refractivity contribution in [2.24, 2.45) is 11.8 Å². The van der Waals surface area contributed by atoms with Crippen LogP contribution in [0.2, 0.25) is 5.02 Å². The van der Waals surface area contributed by atoms with Gasteiger partial charge >= 0.3 is 0 Å². The lowest BCUT2D eigenvalue weighted by Crippen LogP contribution is -2.52. The molecule has 0 unspecified atom stereocenters. The van der Waals surface area contributed by atoms with Crippen molar-refractivity contribution in [1.29, 1.82) is 0 Å². The van der Waals surface area contributed by atoms with Gasteiger partial charge in [-0.1, -0.05) is 30.2 Å². The van der Waals surface area contributed by atoms with Crippen molar-refractivity contribution < 1.29 is 4.79 Å². The zero-order valence-corrected chi connectivity index (χ0v) is 15.0. The van der Waals surface area contributed by atoms with E-state index in [4.69, 9.17) is 11.6 Å². The molecular weight excluding hydrogens is 320 g/mol. The molecule has 1 aliphatic carbocycles. The Bertz CT molecular complexity index is 601. The molecule has 130 valence electrons. The van der Waals surface area contributed by atoms with Gasteiger partial charge in [0, 0.05) is 25.7 Å². The summed E-state index contributed by atoms with van der Waals surface area (Å²) in [5.74, 6) is 1.69. The molecule has 24 heavy (non-hydrogen) atoms. The number of benzene rings is 1. The maximum Gasteiger partial charge on any atom is 0.255 e. The number of fused-ring (bicyclic) bond motifs is 1. The van der Waals surface area contributed by atoms with Crippen molar-refractivity contribution in [2.75, 3.05) is 26.2 Å². The molecule has 1 amide bonds. The van der Waals surface area contributed by atoms with Gasteiger partial charge in [0.2, 0.25) is 0 Å². The molecule has 1 aromatic carbocycles. The number of carbonyl (C=O) groups excluding carboxylic acids is 1. The first-order valence-corrected chi connectivity index (χ1v) is 9.88. The quantitative estimate of drug-likeness (QED) is 0.823. The van der Waals surface area contributed by atoms with Gasteiger partial charge < -0.3 is 4.90 Å². The normalized spacial score (nSPS) is 28.3. The average molecular weight is 347 g/mol. The lowest BCUT2D eigenvalue weighted by atomic mass is 9.88. The van der Waals surface area contributed by atoms with Crippen LogP contribution in [0.4, 0.5) is 0 Å². The predicted molar refractivity (Wildman–Crippen MR) is 97.4 cm³/mol. The van der Waals surface area contributed by atoms with Crippen molar-refractivity contribution in [3.63, 3.8) is 0 Å². The van der Waals surface area contributed by atoms with E-state index in [1.807, 2.05) is 29.2 Å². The van der Waals surface area contributed by atoms with Gasteiger partial charge in [0.15, 0.2) is 0 Å². The van der Waals surface area contributed by atoms with Crippen LogP contribution in [0.25, 0.3) is 0 Å². The van der Waals surface area contributed by atoms with E-state index < -0.39 is 0 Å². The molecule has 3 fully saturated rings. The number of halogens is 1. The molecular formula is C20H27ClN2O. The van der Waals surface area contributed by atoms with Gasteiger partial charge in [0.1, 0.15) is 0 Å². The number of carbonyl (C=O) groups is 1. The Morgan fingerprint density at radius 1 is 1.08 bits per heavy atom. The standard InChI is InChI=1S/C20H27ClN2O/c21-18-7-2-1-6-17(18)20(24)23-12-10-19-16(14-23)5-3-4-11-22(19)13-15-8-9-15/h1-2,6-7,15-16,19H,3-5,8-14H2/t16-,19+/m0/s1. The van der Waals surface area contributed by atoms with Crippen LogP contribution in [-0.2, 0) is 0 Å². The second kappa shape index (κ2) is 7.05. The smallest absolute Gasteiger partial charge is 0.255 e. The summed E-state index contributed by atoms with van der Waals surface area (Å²) < 4.78 is 0. The van der Waals surface area contributed by atoms with Crippen molar-refractivity contribution in [3.05, 3.63) is 34.9 Å². The fourth-order valence-corrected chi connectivity index (χ4v) is 4.74. The van der Waals surface area contributed by atoms with Crippen LogP contribution in [0.3, 0.4) is 0 Å². The van der Waals surface area contributed by atoms with Gasteiger partial charge in [-0.2, -0.15) is 0 Å². The molecule has 0 radical (unpaired) electrons. The fraction of sp³-hybridized carbons (Fsp3) is 0.650. The van der Waals surface area contributed by atoms with Gasteiger partial charge in [-0.3, -0.25) is 9.69 Å². The number of nitrogens with zero attached hydrogens (tertiary/aromatic N) is 2. The van der Waals surface area contributed by atoms with Crippen molar-refractivity contribution in [2.45, 2.75) is 44.6 Å². The maximum atomic E-state index is 12.9. The van der Waals surface area contributed by atoms with Gasteiger partial charge in [0.25, 0.3) is 5.91 Å². The molecule has 4 heteroatoms. The number of rotatable bonds is 3. The molecule has 0 N–H and O–H groups in total. The Kier molecular flexibility index (Phi) is 4.82. The van der Waals surface area contributed by atoms with E-state index >= 15 is 0 Å². The van der Waals surface area contributed by atoms with E-state index in [-0.39, 0.29) is 5.91 Å². The molecule has 3 nitrogen and oxygen atoms in total. The summed E-state index contributed by atoms with van der Waals surface area (Å²) in [5.41, 5.74) is 0.654. The summed E-state index contributed by atoms with van der Waals surface area (Å²) >= 11 is 6.23. The van der Waals surface area contributed by atoms with Crippen LogP contribution in [-0.4, -0.2) is 47.9 Å². The molecule has 4 rings (SSSR count). The van der Waals surface area contributed by atoms with Gasteiger partial charge in [-0.05, 0) is 62.6 Å². The van der Waals surface area contributed by atoms with Crippen LogP contribution in [0.5, 0.6) is 0 Å². The Balaban J connectivity index is 1.46. The van der Waals surface area contributed by atoms with Crippen molar-refractivity contribution in [3.8, 4) is 0 Å². The monoisotopic (exact) mass is 346 g/mol. The summed E-state index contributed by atoms with van der Waals surface area (Å²) in [6, 6.07) is 8.12. The fourth-order valence-electron chi connectivity index (χ4n) is 4.52. The number of hydrogen-bond acceptors (Lipinski definition) is 2. The zero-order valence-electron chi connectivity index (χ0n) is 14.3. The second-order valence-electron chi connectivity index (χ2n) is 7.78. The highest BCUT2D eigenvalue weighted by Gasteiger charge is 2.38. The highest BCUT2D eigenvalue weighted by molar-refractivity contribution is 6.33. The van der Waals surface area contributed by atoms with Crippen LogP contribution < -0.4 is 0 Å². The zero-order chi connectivity index (χ0) is 16.5. The van der Waals surface area contributed by atoms with E-state index in [0.29, 0.717) is 22.5 Å². The summed E-state index contributed by atoms with van der Waals surface area (Å²) in [5, 5.41) is 0.570. The van der Waals surface area contributed by atoms with Crippen molar-refractivity contribution in [1.82, 2.24) is 9.80 Å². The molecule has 0 spiro atoms. The SMILES string of the molecule is O=C(c1ccccc1Cl)N1CC[C@@H]2[C@@H](CCCCN2CC2CC2)C1. The Morgan fingerprint density at radius 2 is 1.92 bits per heavy atom. The molecule has 2 aliphatic heterocycles. The van der Waals surface area contributed by atoms with E-state index in [1.54, 1.807) is 0 Å². The minimum absolute atomic E-state index is 0.108. The minimum Gasteiger partial charge on any atom is -0.338 e. The molecule has 2 heterocycles. The summed E-state index contributed by atoms with van der Waals surface area (Å²) in [6.45, 7) is 4.32. The van der Waals surface area contributed by atoms with Crippen LogP contribution >= 0.6 is 11.6 Å². The summed E-state index contributed by atoms with van der Waals surface area (Å²) in [6.07, 6.45) is 7.84. The van der Waals surface area contributed by atoms with Gasteiger partial charge in [-0.15, -0.1) is 0 Å². The third-order valence-corrected chi connectivity index (χ3v) is 6.34. The van der Waals surface area contributed by atoms with Gasteiger partial charge in [0.05, 0.1) is 10.6 Å². The largest absolute Gasteiger partial charge is 0.338 e.